The molecule has 2 aliphatic rings. The minimum absolute atomic E-state index is 0.135. The summed E-state index contributed by atoms with van der Waals surface area (Å²) >= 11 is 0. The van der Waals surface area contributed by atoms with Crippen molar-refractivity contribution in [3.8, 4) is 0 Å². The quantitative estimate of drug-likeness (QED) is 0.802. The maximum atomic E-state index is 11.8. The van der Waals surface area contributed by atoms with Crippen LogP contribution in [0.2, 0.25) is 0 Å². The van der Waals surface area contributed by atoms with Crippen molar-refractivity contribution in [2.75, 3.05) is 25.1 Å². The van der Waals surface area contributed by atoms with Gasteiger partial charge in [-0.25, -0.2) is 0 Å². The first-order valence-corrected chi connectivity index (χ1v) is 7.44. The summed E-state index contributed by atoms with van der Waals surface area (Å²) in [6.07, 6.45) is 4.27. The summed E-state index contributed by atoms with van der Waals surface area (Å²) in [4.78, 5) is 14.2. The summed E-state index contributed by atoms with van der Waals surface area (Å²) in [6, 6.07) is 8.88. The van der Waals surface area contributed by atoms with E-state index in [2.05, 4.69) is 34.5 Å². The van der Waals surface area contributed by atoms with Gasteiger partial charge >= 0.3 is 5.97 Å². The number of nitrogens with zero attached hydrogens (tertiary/aromatic N) is 1. The fourth-order valence-electron chi connectivity index (χ4n) is 2.87. The van der Waals surface area contributed by atoms with Crippen LogP contribution in [0, 0.1) is 0 Å². The van der Waals surface area contributed by atoms with Gasteiger partial charge in [0.2, 0.25) is 0 Å². The van der Waals surface area contributed by atoms with Crippen LogP contribution in [-0.2, 0) is 16.0 Å². The number of ether oxygens (including phenoxy) is 1. The van der Waals surface area contributed by atoms with Crippen molar-refractivity contribution in [3.05, 3.63) is 29.8 Å². The maximum Gasteiger partial charge on any atom is 0.322 e. The highest BCUT2D eigenvalue weighted by atomic mass is 16.5. The molecule has 0 spiro atoms. The Morgan fingerprint density at radius 3 is 3.00 bits per heavy atom. The molecule has 1 aromatic carbocycles. The Kier molecular flexibility index (Phi) is 3.92. The van der Waals surface area contributed by atoms with Gasteiger partial charge in [-0.2, -0.15) is 0 Å². The molecule has 1 N–H and O–H groups in total. The van der Waals surface area contributed by atoms with E-state index in [1.165, 1.54) is 31.2 Å². The smallest absolute Gasteiger partial charge is 0.322 e. The summed E-state index contributed by atoms with van der Waals surface area (Å²) in [5.74, 6) is -0.135. The van der Waals surface area contributed by atoms with Crippen molar-refractivity contribution in [2.24, 2.45) is 0 Å². The van der Waals surface area contributed by atoms with Crippen molar-refractivity contribution in [1.29, 1.82) is 0 Å². The maximum absolute atomic E-state index is 11.8. The van der Waals surface area contributed by atoms with E-state index in [4.69, 9.17) is 4.74 Å². The number of benzene rings is 1. The second kappa shape index (κ2) is 5.83. The van der Waals surface area contributed by atoms with Gasteiger partial charge in [-0.15, -0.1) is 0 Å². The average molecular weight is 274 g/mol. The Labute approximate surface area is 120 Å². The number of para-hydroxylation sites is 1. The second-order valence-corrected chi connectivity index (χ2v) is 5.67. The first-order valence-electron chi connectivity index (χ1n) is 7.44. The lowest BCUT2D eigenvalue weighted by molar-refractivity contribution is -0.143. The van der Waals surface area contributed by atoms with E-state index >= 15 is 0 Å². The zero-order valence-electron chi connectivity index (χ0n) is 12.0. The minimum Gasteiger partial charge on any atom is -0.468 e. The Bertz CT molecular complexity index is 485. The van der Waals surface area contributed by atoms with E-state index in [0.29, 0.717) is 6.04 Å². The number of rotatable bonds is 6. The van der Waals surface area contributed by atoms with E-state index in [1.807, 2.05) is 0 Å². The first kappa shape index (κ1) is 13.4. The SMILES string of the molecule is COC(=O)C(CCN1CCc2ccccc21)NC1CC1. The Balaban J connectivity index is 1.58. The first-order chi connectivity index (χ1) is 9.78. The van der Waals surface area contributed by atoms with Crippen LogP contribution >= 0.6 is 0 Å². The van der Waals surface area contributed by atoms with Gasteiger partial charge in [-0.1, -0.05) is 18.2 Å². The third-order valence-electron chi connectivity index (χ3n) is 4.17. The minimum atomic E-state index is -0.166. The van der Waals surface area contributed by atoms with Gasteiger partial charge in [0, 0.05) is 24.8 Å². The van der Waals surface area contributed by atoms with Crippen LogP contribution in [0.1, 0.15) is 24.8 Å². The fourth-order valence-corrected chi connectivity index (χ4v) is 2.87. The average Bonchev–Trinajstić information content (AvgIpc) is 3.21. The largest absolute Gasteiger partial charge is 0.468 e. The van der Waals surface area contributed by atoms with E-state index in [9.17, 15) is 4.79 Å². The molecule has 20 heavy (non-hydrogen) atoms. The topological polar surface area (TPSA) is 41.6 Å². The lowest BCUT2D eigenvalue weighted by atomic mass is 10.1. The molecule has 3 rings (SSSR count). The van der Waals surface area contributed by atoms with E-state index in [0.717, 1.165) is 25.9 Å². The van der Waals surface area contributed by atoms with Crippen molar-refractivity contribution >= 4 is 11.7 Å². The van der Waals surface area contributed by atoms with Crippen LogP contribution in [0.4, 0.5) is 5.69 Å². The molecule has 0 amide bonds. The third-order valence-corrected chi connectivity index (χ3v) is 4.17. The number of anilines is 1. The Morgan fingerprint density at radius 1 is 1.45 bits per heavy atom. The van der Waals surface area contributed by atoms with E-state index in [-0.39, 0.29) is 12.0 Å². The predicted molar refractivity (Wildman–Crippen MR) is 78.9 cm³/mol. The van der Waals surface area contributed by atoms with Gasteiger partial charge in [0.1, 0.15) is 6.04 Å². The molecule has 0 radical (unpaired) electrons. The van der Waals surface area contributed by atoms with Gasteiger partial charge in [0.25, 0.3) is 0 Å². The molecule has 0 bridgehead atoms. The molecule has 0 aromatic heterocycles. The zero-order chi connectivity index (χ0) is 13.9. The highest BCUT2D eigenvalue weighted by molar-refractivity contribution is 5.75. The number of fused-ring (bicyclic) bond motifs is 1. The van der Waals surface area contributed by atoms with Crippen LogP contribution in [0.25, 0.3) is 0 Å². The molecule has 1 unspecified atom stereocenters. The molecular formula is C16H22N2O2. The number of carbonyl (C=O) groups is 1. The van der Waals surface area contributed by atoms with Crippen LogP contribution < -0.4 is 10.2 Å². The van der Waals surface area contributed by atoms with E-state index < -0.39 is 0 Å². The summed E-state index contributed by atoms with van der Waals surface area (Å²) < 4.78 is 4.91. The molecule has 1 aliphatic heterocycles. The monoisotopic (exact) mass is 274 g/mol. The van der Waals surface area contributed by atoms with Gasteiger partial charge in [0.15, 0.2) is 0 Å². The predicted octanol–water partition coefficient (Wildman–Crippen LogP) is 1.73. The van der Waals surface area contributed by atoms with Crippen LogP contribution in [0.3, 0.4) is 0 Å². The van der Waals surface area contributed by atoms with Crippen LogP contribution in [0.15, 0.2) is 24.3 Å². The number of methoxy groups -OCH3 is 1. The van der Waals surface area contributed by atoms with Crippen LogP contribution in [-0.4, -0.2) is 38.3 Å². The Hall–Kier alpha value is -1.55. The molecule has 1 fully saturated rings. The molecule has 1 atom stereocenters. The standard InChI is InChI=1S/C16H22N2O2/c1-20-16(19)14(17-13-6-7-13)9-11-18-10-8-12-4-2-3-5-15(12)18/h2-5,13-14,17H,6-11H2,1H3. The molecule has 108 valence electrons. The van der Waals surface area contributed by atoms with Crippen LogP contribution in [0.5, 0.6) is 0 Å². The number of hydrogen-bond donors (Lipinski definition) is 1. The summed E-state index contributed by atoms with van der Waals surface area (Å²) in [7, 11) is 1.47. The molecule has 4 nitrogen and oxygen atoms in total. The van der Waals surface area contributed by atoms with Gasteiger partial charge < -0.3 is 15.0 Å². The molecule has 1 heterocycles. The molecule has 0 saturated heterocycles. The van der Waals surface area contributed by atoms with Crippen molar-refractivity contribution in [1.82, 2.24) is 5.32 Å². The molecular weight excluding hydrogens is 252 g/mol. The summed E-state index contributed by atoms with van der Waals surface area (Å²) in [5.41, 5.74) is 2.74. The number of hydrogen-bond acceptors (Lipinski definition) is 4. The molecule has 1 saturated carbocycles. The van der Waals surface area contributed by atoms with Gasteiger partial charge in [0.05, 0.1) is 7.11 Å². The number of carbonyl (C=O) groups excluding carboxylic acids is 1. The van der Waals surface area contributed by atoms with Gasteiger partial charge in [-0.05, 0) is 37.3 Å². The fraction of sp³-hybridized carbons (Fsp3) is 0.562. The van der Waals surface area contributed by atoms with Crippen molar-refractivity contribution in [2.45, 2.75) is 37.8 Å². The highest BCUT2D eigenvalue weighted by Crippen LogP contribution is 2.27. The van der Waals surface area contributed by atoms with Gasteiger partial charge in [-0.3, -0.25) is 4.79 Å². The summed E-state index contributed by atoms with van der Waals surface area (Å²) in [5, 5.41) is 3.39. The zero-order valence-corrected chi connectivity index (χ0v) is 12.0. The molecule has 1 aliphatic carbocycles. The molecule has 4 heteroatoms. The highest BCUT2D eigenvalue weighted by Gasteiger charge is 2.29. The lowest BCUT2D eigenvalue weighted by Gasteiger charge is -2.23. The number of esters is 1. The van der Waals surface area contributed by atoms with Crippen molar-refractivity contribution in [3.63, 3.8) is 0 Å². The van der Waals surface area contributed by atoms with E-state index in [1.54, 1.807) is 0 Å². The van der Waals surface area contributed by atoms with Crippen molar-refractivity contribution < 1.29 is 9.53 Å². The third kappa shape index (κ3) is 2.96. The lowest BCUT2D eigenvalue weighted by Crippen LogP contribution is -2.41. The molecule has 1 aromatic rings. The number of nitrogens with one attached hydrogen (secondary N) is 1. The Morgan fingerprint density at radius 2 is 2.25 bits per heavy atom. The second-order valence-electron chi connectivity index (χ2n) is 5.67. The normalized spacial score (nSPS) is 18.8. The summed E-state index contributed by atoms with van der Waals surface area (Å²) in [6.45, 7) is 1.95.